The van der Waals surface area contributed by atoms with Crippen LogP contribution in [0.4, 0.5) is 5.82 Å². The first-order chi connectivity index (χ1) is 14.0. The molecule has 1 saturated heterocycles. The van der Waals surface area contributed by atoms with Crippen molar-refractivity contribution in [3.63, 3.8) is 0 Å². The standard InChI is InChI=1S/C20H22N6O2S/c1-3-15-18(29-24-23-15)20(28)25-10-4-5-16(25)17(27)14-11-22-26(19(14)21)13-8-6-12(2)7-9-13/h6-9,11,16H,3-5,10,21H2,1-2H3/t16-/m1/s1. The predicted molar refractivity (Wildman–Crippen MR) is 110 cm³/mol. The van der Waals surface area contributed by atoms with E-state index < -0.39 is 6.04 Å². The van der Waals surface area contributed by atoms with E-state index in [0.29, 0.717) is 35.5 Å². The average molecular weight is 411 g/mol. The number of benzene rings is 1. The number of aryl methyl sites for hydroxylation is 2. The summed E-state index contributed by atoms with van der Waals surface area (Å²) in [5.41, 5.74) is 9.19. The van der Waals surface area contributed by atoms with Crippen molar-refractivity contribution in [1.82, 2.24) is 24.3 Å². The Morgan fingerprint density at radius 1 is 1.28 bits per heavy atom. The van der Waals surface area contributed by atoms with Gasteiger partial charge in [0.25, 0.3) is 5.91 Å². The number of likely N-dealkylation sites (tertiary alicyclic amines) is 1. The average Bonchev–Trinajstić information content (AvgIpc) is 3.47. The second-order valence-electron chi connectivity index (χ2n) is 7.11. The number of anilines is 1. The van der Waals surface area contributed by atoms with Gasteiger partial charge in [-0.15, -0.1) is 5.10 Å². The molecule has 0 radical (unpaired) electrons. The van der Waals surface area contributed by atoms with Gasteiger partial charge < -0.3 is 10.6 Å². The van der Waals surface area contributed by atoms with E-state index in [9.17, 15) is 9.59 Å². The molecule has 1 atom stereocenters. The van der Waals surface area contributed by atoms with E-state index >= 15 is 0 Å². The molecule has 0 aliphatic carbocycles. The van der Waals surface area contributed by atoms with E-state index in [0.717, 1.165) is 29.2 Å². The molecule has 150 valence electrons. The number of rotatable bonds is 5. The van der Waals surface area contributed by atoms with Gasteiger partial charge in [0.05, 0.1) is 29.2 Å². The molecule has 1 aliphatic heterocycles. The highest BCUT2D eigenvalue weighted by Crippen LogP contribution is 2.28. The first-order valence-electron chi connectivity index (χ1n) is 9.58. The molecule has 0 spiro atoms. The lowest BCUT2D eigenvalue weighted by Gasteiger charge is -2.23. The van der Waals surface area contributed by atoms with E-state index in [2.05, 4.69) is 14.7 Å². The molecule has 1 fully saturated rings. The van der Waals surface area contributed by atoms with Crippen molar-refractivity contribution in [2.24, 2.45) is 0 Å². The molecule has 0 saturated carbocycles. The number of nitrogen functional groups attached to an aromatic ring is 1. The molecular formula is C20H22N6O2S. The fourth-order valence-corrected chi connectivity index (χ4v) is 4.34. The molecule has 1 aliphatic rings. The summed E-state index contributed by atoms with van der Waals surface area (Å²) in [6.07, 6.45) is 3.49. The Morgan fingerprint density at radius 3 is 2.76 bits per heavy atom. The van der Waals surface area contributed by atoms with Crippen LogP contribution >= 0.6 is 11.5 Å². The van der Waals surface area contributed by atoms with Gasteiger partial charge in [-0.05, 0) is 49.9 Å². The molecule has 3 aromatic rings. The molecule has 3 heterocycles. The number of ketones is 1. The largest absolute Gasteiger partial charge is 0.383 e. The number of hydrogen-bond donors (Lipinski definition) is 1. The summed E-state index contributed by atoms with van der Waals surface area (Å²) in [6, 6.07) is 7.18. The van der Waals surface area contributed by atoms with Gasteiger partial charge >= 0.3 is 0 Å². The highest BCUT2D eigenvalue weighted by Gasteiger charge is 2.37. The SMILES string of the molecule is CCc1nnsc1C(=O)N1CCC[C@@H]1C(=O)c1cnn(-c2ccc(C)cc2)c1N. The predicted octanol–water partition coefficient (Wildman–Crippen LogP) is 2.66. The minimum atomic E-state index is -0.549. The molecule has 0 unspecified atom stereocenters. The minimum absolute atomic E-state index is 0.178. The Hall–Kier alpha value is -3.07. The number of carbonyl (C=O) groups is 2. The summed E-state index contributed by atoms with van der Waals surface area (Å²) in [5.74, 6) is -0.0775. The summed E-state index contributed by atoms with van der Waals surface area (Å²) in [6.45, 7) is 4.46. The first-order valence-corrected chi connectivity index (χ1v) is 10.4. The fraction of sp³-hybridized carbons (Fsp3) is 0.350. The van der Waals surface area contributed by atoms with Crippen LogP contribution < -0.4 is 5.73 Å². The Labute approximate surface area is 172 Å². The summed E-state index contributed by atoms with van der Waals surface area (Å²) in [7, 11) is 0. The molecule has 2 aromatic heterocycles. The third-order valence-electron chi connectivity index (χ3n) is 5.25. The topological polar surface area (TPSA) is 107 Å². The van der Waals surface area contributed by atoms with Gasteiger partial charge in [0.1, 0.15) is 10.7 Å². The maximum absolute atomic E-state index is 13.3. The van der Waals surface area contributed by atoms with Crippen molar-refractivity contribution in [2.75, 3.05) is 12.3 Å². The molecule has 1 aromatic carbocycles. The lowest BCUT2D eigenvalue weighted by atomic mass is 10.0. The van der Waals surface area contributed by atoms with Crippen LogP contribution in [0.15, 0.2) is 30.5 Å². The van der Waals surface area contributed by atoms with Crippen molar-refractivity contribution in [2.45, 2.75) is 39.2 Å². The van der Waals surface area contributed by atoms with Crippen LogP contribution in [0, 0.1) is 6.92 Å². The van der Waals surface area contributed by atoms with E-state index in [-0.39, 0.29) is 17.5 Å². The van der Waals surface area contributed by atoms with Crippen molar-refractivity contribution in [3.05, 3.63) is 52.2 Å². The number of nitrogens with zero attached hydrogens (tertiary/aromatic N) is 5. The van der Waals surface area contributed by atoms with Crippen molar-refractivity contribution >= 4 is 29.0 Å². The second kappa shape index (κ2) is 7.75. The van der Waals surface area contributed by atoms with Gasteiger partial charge in [-0.3, -0.25) is 9.59 Å². The molecule has 9 heteroatoms. The zero-order chi connectivity index (χ0) is 20.5. The Kier molecular flexibility index (Phi) is 5.14. The lowest BCUT2D eigenvalue weighted by Crippen LogP contribution is -2.40. The molecule has 29 heavy (non-hydrogen) atoms. The van der Waals surface area contributed by atoms with E-state index in [1.165, 1.54) is 6.20 Å². The van der Waals surface area contributed by atoms with E-state index in [4.69, 9.17) is 5.73 Å². The van der Waals surface area contributed by atoms with Gasteiger partial charge in [0.15, 0.2) is 5.78 Å². The highest BCUT2D eigenvalue weighted by molar-refractivity contribution is 7.08. The first kappa shape index (κ1) is 19.3. The monoisotopic (exact) mass is 410 g/mol. The summed E-state index contributed by atoms with van der Waals surface area (Å²) >= 11 is 1.08. The van der Waals surface area contributed by atoms with Crippen molar-refractivity contribution in [3.8, 4) is 5.69 Å². The fourth-order valence-electron chi connectivity index (χ4n) is 3.63. The maximum Gasteiger partial charge on any atom is 0.268 e. The van der Waals surface area contributed by atoms with Crippen LogP contribution in [0.25, 0.3) is 5.69 Å². The normalized spacial score (nSPS) is 16.3. The third-order valence-corrected chi connectivity index (χ3v) is 6.01. The lowest BCUT2D eigenvalue weighted by molar-refractivity contribution is 0.0674. The molecular weight excluding hydrogens is 388 g/mol. The van der Waals surface area contributed by atoms with Crippen LogP contribution in [0.2, 0.25) is 0 Å². The quantitative estimate of drug-likeness (QED) is 0.648. The van der Waals surface area contributed by atoms with E-state index in [1.54, 1.807) is 9.58 Å². The van der Waals surface area contributed by atoms with Crippen LogP contribution in [-0.2, 0) is 6.42 Å². The molecule has 1 amide bonds. The van der Waals surface area contributed by atoms with Crippen LogP contribution in [0.1, 0.15) is 51.1 Å². The second-order valence-corrected chi connectivity index (χ2v) is 7.87. The van der Waals surface area contributed by atoms with Gasteiger partial charge in [-0.1, -0.05) is 29.1 Å². The van der Waals surface area contributed by atoms with Crippen molar-refractivity contribution in [1.29, 1.82) is 0 Å². The Balaban J connectivity index is 1.61. The summed E-state index contributed by atoms with van der Waals surface area (Å²) in [5, 5.41) is 8.32. The molecule has 2 N–H and O–H groups in total. The number of aromatic nitrogens is 4. The van der Waals surface area contributed by atoms with Crippen LogP contribution in [0.3, 0.4) is 0 Å². The Bertz CT molecular complexity index is 1060. The van der Waals surface area contributed by atoms with Crippen LogP contribution in [0.5, 0.6) is 0 Å². The Morgan fingerprint density at radius 2 is 2.03 bits per heavy atom. The molecule has 0 bridgehead atoms. The third kappa shape index (κ3) is 3.42. The van der Waals surface area contributed by atoms with Gasteiger partial charge in [0.2, 0.25) is 0 Å². The number of hydrogen-bond acceptors (Lipinski definition) is 7. The minimum Gasteiger partial charge on any atom is -0.383 e. The van der Waals surface area contributed by atoms with Crippen molar-refractivity contribution < 1.29 is 9.59 Å². The molecule has 8 nitrogen and oxygen atoms in total. The zero-order valence-corrected chi connectivity index (χ0v) is 17.1. The van der Waals surface area contributed by atoms with Crippen LogP contribution in [-0.4, -0.2) is 48.5 Å². The van der Waals surface area contributed by atoms with Gasteiger partial charge in [0, 0.05) is 6.54 Å². The summed E-state index contributed by atoms with van der Waals surface area (Å²) < 4.78 is 5.45. The summed E-state index contributed by atoms with van der Waals surface area (Å²) in [4.78, 5) is 28.4. The van der Waals surface area contributed by atoms with Gasteiger partial charge in [-0.2, -0.15) is 5.10 Å². The van der Waals surface area contributed by atoms with Gasteiger partial charge in [-0.25, -0.2) is 4.68 Å². The number of Topliss-reactive ketones (excluding diaryl/α,β-unsaturated/α-hetero) is 1. The van der Waals surface area contributed by atoms with E-state index in [1.807, 2.05) is 38.1 Å². The number of amides is 1. The smallest absolute Gasteiger partial charge is 0.268 e. The zero-order valence-electron chi connectivity index (χ0n) is 16.3. The maximum atomic E-state index is 13.3. The highest BCUT2D eigenvalue weighted by atomic mass is 32.1. The number of nitrogens with two attached hydrogens (primary N) is 1. The molecule has 4 rings (SSSR count). The number of carbonyl (C=O) groups excluding carboxylic acids is 2.